The number of nitrogens with two attached hydrogens (primary N) is 2. The van der Waals surface area contributed by atoms with E-state index in [1.54, 1.807) is 5.38 Å². The van der Waals surface area contributed by atoms with Crippen LogP contribution in [0.15, 0.2) is 28.6 Å². The van der Waals surface area contributed by atoms with E-state index in [0.717, 1.165) is 6.07 Å². The summed E-state index contributed by atoms with van der Waals surface area (Å²) in [5, 5.41) is 4.71. The fourth-order valence-electron chi connectivity index (χ4n) is 1.49. The van der Waals surface area contributed by atoms with Crippen LogP contribution >= 0.6 is 35.3 Å². The van der Waals surface area contributed by atoms with Crippen LogP contribution in [0.2, 0.25) is 5.02 Å². The number of rotatable bonds is 4. The molecule has 0 atom stereocenters. The highest BCUT2D eigenvalue weighted by molar-refractivity contribution is 7.13. The molecule has 0 saturated carbocycles. The van der Waals surface area contributed by atoms with Crippen LogP contribution in [0.25, 0.3) is 0 Å². The van der Waals surface area contributed by atoms with E-state index in [1.165, 1.54) is 23.5 Å². The second kappa shape index (κ2) is 7.92. The molecule has 0 aliphatic rings. The smallest absolute Gasteiger partial charge is 0.230 e. The minimum Gasteiger partial charge on any atom is -0.370 e. The van der Waals surface area contributed by atoms with Gasteiger partial charge in [0, 0.05) is 10.4 Å². The summed E-state index contributed by atoms with van der Waals surface area (Å²) in [6.45, 7) is 0. The average Bonchev–Trinajstić information content (AvgIpc) is 2.79. The quantitative estimate of drug-likeness (QED) is 0.572. The van der Waals surface area contributed by atoms with Gasteiger partial charge in [0.1, 0.15) is 5.82 Å². The predicted octanol–water partition coefficient (Wildman–Crippen LogP) is 2.44. The maximum Gasteiger partial charge on any atom is 0.230 e. The van der Waals surface area contributed by atoms with Crippen LogP contribution in [-0.2, 0) is 11.2 Å². The van der Waals surface area contributed by atoms with Crippen LogP contribution in [0.3, 0.4) is 0 Å². The topological polar surface area (TPSA) is 106 Å². The molecule has 5 N–H and O–H groups in total. The maximum atomic E-state index is 13.5. The minimum absolute atomic E-state index is 0. The number of nitrogens with zero attached hydrogens (tertiary/aromatic N) is 2. The van der Waals surface area contributed by atoms with Crippen molar-refractivity contribution in [1.82, 2.24) is 4.98 Å². The molecule has 2 aromatic rings. The van der Waals surface area contributed by atoms with E-state index in [4.69, 9.17) is 23.1 Å². The number of amides is 1. The summed E-state index contributed by atoms with van der Waals surface area (Å²) >= 11 is 6.83. The number of aliphatic imine (C=N–C) groups is 1. The molecular formula is C12H12Cl2FN5OS. The summed E-state index contributed by atoms with van der Waals surface area (Å²) in [5.74, 6) is -1.11. The van der Waals surface area contributed by atoms with Crippen LogP contribution in [0.5, 0.6) is 0 Å². The highest BCUT2D eigenvalue weighted by Gasteiger charge is 2.10. The number of aromatic nitrogens is 1. The summed E-state index contributed by atoms with van der Waals surface area (Å²) in [6, 6.07) is 4.00. The van der Waals surface area contributed by atoms with Crippen molar-refractivity contribution in [2.24, 2.45) is 16.5 Å². The third-order valence-corrected chi connectivity index (χ3v) is 3.33. The first kappa shape index (κ1) is 18.1. The molecule has 0 spiro atoms. The molecule has 0 bridgehead atoms. The van der Waals surface area contributed by atoms with Gasteiger partial charge in [0.05, 0.1) is 17.8 Å². The molecule has 0 radical (unpaired) electrons. The van der Waals surface area contributed by atoms with Gasteiger partial charge in [-0.25, -0.2) is 9.37 Å². The Labute approximate surface area is 140 Å². The van der Waals surface area contributed by atoms with Gasteiger partial charge in [-0.3, -0.25) is 4.79 Å². The van der Waals surface area contributed by atoms with Gasteiger partial charge in [0.2, 0.25) is 11.0 Å². The molecule has 0 aliphatic carbocycles. The zero-order chi connectivity index (χ0) is 15.4. The summed E-state index contributed by atoms with van der Waals surface area (Å²) in [7, 11) is 0. The van der Waals surface area contributed by atoms with Gasteiger partial charge in [-0.15, -0.1) is 23.7 Å². The van der Waals surface area contributed by atoms with Gasteiger partial charge in [-0.05, 0) is 18.2 Å². The molecule has 0 aliphatic heterocycles. The van der Waals surface area contributed by atoms with Crippen molar-refractivity contribution in [2.45, 2.75) is 6.42 Å². The molecule has 6 nitrogen and oxygen atoms in total. The normalized spacial score (nSPS) is 9.73. The Morgan fingerprint density at radius 3 is 2.82 bits per heavy atom. The van der Waals surface area contributed by atoms with Crippen molar-refractivity contribution >= 4 is 58.0 Å². The number of carbonyl (C=O) groups is 1. The Hall–Kier alpha value is -1.90. The van der Waals surface area contributed by atoms with Gasteiger partial charge >= 0.3 is 0 Å². The first-order chi connectivity index (χ1) is 9.94. The van der Waals surface area contributed by atoms with Gasteiger partial charge in [-0.1, -0.05) is 11.6 Å². The third kappa shape index (κ3) is 5.14. The van der Waals surface area contributed by atoms with Crippen molar-refractivity contribution in [3.63, 3.8) is 0 Å². The summed E-state index contributed by atoms with van der Waals surface area (Å²) in [6.07, 6.45) is -0.0153. The number of nitrogens with one attached hydrogen (secondary N) is 1. The Morgan fingerprint density at radius 2 is 2.18 bits per heavy atom. The Kier molecular flexibility index (Phi) is 6.54. The minimum atomic E-state index is -0.602. The molecule has 0 unspecified atom stereocenters. The van der Waals surface area contributed by atoms with E-state index < -0.39 is 11.7 Å². The fourth-order valence-corrected chi connectivity index (χ4v) is 2.35. The molecule has 1 heterocycles. The van der Waals surface area contributed by atoms with Crippen LogP contribution in [0, 0.1) is 5.82 Å². The molecule has 10 heteroatoms. The first-order valence-corrected chi connectivity index (χ1v) is 6.99. The van der Waals surface area contributed by atoms with Crippen LogP contribution in [0.1, 0.15) is 5.69 Å². The SMILES string of the molecule is Cl.NC(N)=Nc1nc(CC(=O)Nc2ccc(Cl)cc2F)cs1. The lowest BCUT2D eigenvalue weighted by Crippen LogP contribution is -2.21. The second-order valence-electron chi connectivity index (χ2n) is 4.01. The largest absolute Gasteiger partial charge is 0.370 e. The van der Waals surface area contributed by atoms with Gasteiger partial charge < -0.3 is 16.8 Å². The summed E-state index contributed by atoms with van der Waals surface area (Å²) in [4.78, 5) is 19.7. The number of hydrogen-bond acceptors (Lipinski definition) is 4. The molecule has 1 aromatic carbocycles. The molecule has 22 heavy (non-hydrogen) atoms. The Morgan fingerprint density at radius 1 is 1.45 bits per heavy atom. The predicted molar refractivity (Wildman–Crippen MR) is 88.6 cm³/mol. The number of guanidine groups is 1. The lowest BCUT2D eigenvalue weighted by molar-refractivity contribution is -0.115. The van der Waals surface area contributed by atoms with Crippen LogP contribution in [-0.4, -0.2) is 16.9 Å². The first-order valence-electron chi connectivity index (χ1n) is 5.73. The fraction of sp³-hybridized carbons (Fsp3) is 0.0833. The van der Waals surface area contributed by atoms with E-state index in [0.29, 0.717) is 10.8 Å². The lowest BCUT2D eigenvalue weighted by Gasteiger charge is -2.05. The number of anilines is 1. The van der Waals surface area contributed by atoms with Crippen molar-refractivity contribution < 1.29 is 9.18 Å². The standard InChI is InChI=1S/C12H11ClFN5OS.ClH/c13-6-1-2-9(8(14)3-6)18-10(20)4-7-5-21-12(17-7)19-11(15)16;/h1-3,5H,4H2,(H,18,20)(H4,15,16,17,19);1H. The van der Waals surface area contributed by atoms with E-state index in [-0.39, 0.29) is 35.5 Å². The molecule has 2 rings (SSSR count). The highest BCUT2D eigenvalue weighted by atomic mass is 35.5. The van der Waals surface area contributed by atoms with E-state index in [1.807, 2.05) is 0 Å². The van der Waals surface area contributed by atoms with Gasteiger partial charge in [0.25, 0.3) is 0 Å². The van der Waals surface area contributed by atoms with Crippen molar-refractivity contribution in [3.8, 4) is 0 Å². The number of carbonyl (C=O) groups excluding carboxylic acids is 1. The van der Waals surface area contributed by atoms with E-state index in [2.05, 4.69) is 15.3 Å². The second-order valence-corrected chi connectivity index (χ2v) is 5.28. The maximum absolute atomic E-state index is 13.5. The summed E-state index contributed by atoms with van der Waals surface area (Å²) < 4.78 is 13.5. The van der Waals surface area contributed by atoms with E-state index in [9.17, 15) is 9.18 Å². The zero-order valence-corrected chi connectivity index (χ0v) is 13.4. The Balaban J connectivity index is 0.00000242. The number of thiazole rings is 1. The van der Waals surface area contributed by atoms with Crippen LogP contribution < -0.4 is 16.8 Å². The molecule has 0 saturated heterocycles. The average molecular weight is 364 g/mol. The Bertz CT molecular complexity index is 703. The lowest BCUT2D eigenvalue weighted by atomic mass is 10.2. The number of hydrogen-bond donors (Lipinski definition) is 3. The highest BCUT2D eigenvalue weighted by Crippen LogP contribution is 2.21. The van der Waals surface area contributed by atoms with Crippen molar-refractivity contribution in [1.29, 1.82) is 0 Å². The third-order valence-electron chi connectivity index (χ3n) is 2.31. The van der Waals surface area contributed by atoms with E-state index >= 15 is 0 Å². The van der Waals surface area contributed by atoms with Crippen molar-refractivity contribution in [3.05, 3.63) is 40.1 Å². The molecule has 1 aromatic heterocycles. The molecule has 1 amide bonds. The van der Waals surface area contributed by atoms with Crippen molar-refractivity contribution in [2.75, 3.05) is 5.32 Å². The number of benzene rings is 1. The molecule has 0 fully saturated rings. The zero-order valence-electron chi connectivity index (χ0n) is 11.0. The monoisotopic (exact) mass is 363 g/mol. The molecular weight excluding hydrogens is 352 g/mol. The van der Waals surface area contributed by atoms with Crippen LogP contribution in [0.4, 0.5) is 15.2 Å². The summed E-state index contributed by atoms with van der Waals surface area (Å²) in [5.41, 5.74) is 11.0. The number of halogens is 3. The van der Waals surface area contributed by atoms with Gasteiger partial charge in [-0.2, -0.15) is 4.99 Å². The van der Waals surface area contributed by atoms with Gasteiger partial charge in [0.15, 0.2) is 5.96 Å². The molecule has 118 valence electrons.